The number of hydrogen-bond acceptors (Lipinski definition) is 5. The molecule has 1 aliphatic heterocycles. The van der Waals surface area contributed by atoms with Gasteiger partial charge in [-0.2, -0.15) is 0 Å². The maximum Gasteiger partial charge on any atom is 0.325 e. The van der Waals surface area contributed by atoms with E-state index in [9.17, 15) is 9.59 Å². The summed E-state index contributed by atoms with van der Waals surface area (Å²) >= 11 is 0. The van der Waals surface area contributed by atoms with Gasteiger partial charge < -0.3 is 14.6 Å². The van der Waals surface area contributed by atoms with Crippen LogP contribution >= 0.6 is 0 Å². The van der Waals surface area contributed by atoms with Crippen molar-refractivity contribution in [3.8, 4) is 5.75 Å². The highest BCUT2D eigenvalue weighted by atomic mass is 16.5. The first-order valence-corrected chi connectivity index (χ1v) is 12.8. The number of piperazine rings is 1. The molecule has 1 aliphatic carbocycles. The van der Waals surface area contributed by atoms with E-state index in [4.69, 9.17) is 4.74 Å². The Morgan fingerprint density at radius 2 is 1.88 bits per heavy atom. The number of imidazole rings is 1. The summed E-state index contributed by atoms with van der Waals surface area (Å²) in [5.74, 6) is 1.90. The van der Waals surface area contributed by atoms with Crippen molar-refractivity contribution < 1.29 is 9.53 Å². The van der Waals surface area contributed by atoms with Crippen LogP contribution in [0.3, 0.4) is 0 Å². The highest BCUT2D eigenvalue weighted by Crippen LogP contribution is 2.26. The molecule has 0 unspecified atom stereocenters. The van der Waals surface area contributed by atoms with Crippen LogP contribution in [0.4, 0.5) is 0 Å². The van der Waals surface area contributed by atoms with E-state index in [1.165, 1.54) is 45.1 Å². The van der Waals surface area contributed by atoms with Gasteiger partial charge in [-0.1, -0.05) is 32.1 Å². The van der Waals surface area contributed by atoms with Crippen molar-refractivity contribution in [2.45, 2.75) is 51.4 Å². The Labute approximate surface area is 199 Å². The van der Waals surface area contributed by atoms with Crippen LogP contribution in [0.1, 0.15) is 51.4 Å². The van der Waals surface area contributed by atoms with Gasteiger partial charge in [-0.25, -0.2) is 9.78 Å². The average Bonchev–Trinajstić information content (AvgIpc) is 3.23. The number of hydrogen-bond donors (Lipinski definition) is 2. The fraction of sp³-hybridized carbons (Fsp3) is 0.577. The minimum atomic E-state index is -0.264. The maximum atomic E-state index is 12.6. The predicted molar refractivity (Wildman–Crippen MR) is 133 cm³/mol. The normalized spacial score (nSPS) is 18.1. The first kappa shape index (κ1) is 22.9. The molecule has 3 heterocycles. The monoisotopic (exact) mass is 465 g/mol. The van der Waals surface area contributed by atoms with E-state index in [1.807, 2.05) is 29.2 Å². The molecule has 182 valence electrons. The molecule has 2 fully saturated rings. The van der Waals surface area contributed by atoms with E-state index in [0.717, 1.165) is 48.7 Å². The first-order valence-electron chi connectivity index (χ1n) is 12.8. The predicted octanol–water partition coefficient (Wildman–Crippen LogP) is 3.68. The van der Waals surface area contributed by atoms with Crippen LogP contribution < -0.4 is 10.4 Å². The quantitative estimate of drug-likeness (QED) is 0.495. The van der Waals surface area contributed by atoms with Crippen molar-refractivity contribution in [2.24, 2.45) is 5.92 Å². The Hall–Kier alpha value is -2.87. The lowest BCUT2D eigenvalue weighted by Gasteiger charge is -2.35. The Morgan fingerprint density at radius 3 is 2.71 bits per heavy atom. The van der Waals surface area contributed by atoms with Crippen LogP contribution in [0.15, 0.2) is 29.1 Å². The largest absolute Gasteiger partial charge is 0.494 e. The third-order valence-corrected chi connectivity index (χ3v) is 7.37. The molecule has 1 amide bonds. The molecule has 1 aromatic carbocycles. The van der Waals surface area contributed by atoms with Crippen molar-refractivity contribution in [1.29, 1.82) is 0 Å². The second kappa shape index (κ2) is 10.6. The van der Waals surface area contributed by atoms with E-state index in [0.29, 0.717) is 30.6 Å². The number of ether oxygens (including phenoxy) is 1. The van der Waals surface area contributed by atoms with E-state index < -0.39 is 0 Å². The minimum Gasteiger partial charge on any atom is -0.494 e. The number of rotatable bonds is 8. The molecular formula is C26H35N5O3. The molecule has 34 heavy (non-hydrogen) atoms. The molecule has 0 spiro atoms. The van der Waals surface area contributed by atoms with Gasteiger partial charge in [0.15, 0.2) is 5.65 Å². The number of H-pyrrole nitrogens is 2. The van der Waals surface area contributed by atoms with Gasteiger partial charge in [0.1, 0.15) is 5.75 Å². The van der Waals surface area contributed by atoms with Gasteiger partial charge in [-0.05, 0) is 49.6 Å². The number of nitrogens with one attached hydrogen (secondary N) is 2. The summed E-state index contributed by atoms with van der Waals surface area (Å²) in [4.78, 5) is 38.5. The second-order valence-corrected chi connectivity index (χ2v) is 9.79. The SMILES string of the molecule is O=C(CCCOc1ccc2nc3[nH]c(=O)[nH]c3cc2c1)N1CCN(CCC2CCCCC2)CC1. The molecule has 0 radical (unpaired) electrons. The lowest BCUT2D eigenvalue weighted by atomic mass is 9.87. The van der Waals surface area contributed by atoms with E-state index in [1.54, 1.807) is 0 Å². The standard InChI is InChI=1S/C26H35N5O3/c32-24(31-14-12-30(13-15-31)11-10-19-5-2-1-3-6-19)7-4-16-34-21-8-9-22-20(17-21)18-23-25(27-22)29-26(33)28-23/h8-9,17-19H,1-7,10-16H2,(H2,27,28,29,33). The highest BCUT2D eigenvalue weighted by molar-refractivity contribution is 5.90. The highest BCUT2D eigenvalue weighted by Gasteiger charge is 2.22. The smallest absolute Gasteiger partial charge is 0.325 e. The number of carbonyl (C=O) groups is 1. The summed E-state index contributed by atoms with van der Waals surface area (Å²) < 4.78 is 5.89. The molecule has 1 saturated heterocycles. The molecule has 0 atom stereocenters. The fourth-order valence-electron chi connectivity index (χ4n) is 5.33. The number of carbonyl (C=O) groups excluding carboxylic acids is 1. The van der Waals surface area contributed by atoms with Gasteiger partial charge >= 0.3 is 5.69 Å². The Kier molecular flexibility index (Phi) is 7.13. The van der Waals surface area contributed by atoms with Crippen molar-refractivity contribution in [3.63, 3.8) is 0 Å². The summed E-state index contributed by atoms with van der Waals surface area (Å²) in [6.07, 6.45) is 9.60. The molecule has 2 aromatic heterocycles. The van der Waals surface area contributed by atoms with Gasteiger partial charge in [-0.3, -0.25) is 14.7 Å². The number of fused-ring (bicyclic) bond motifs is 2. The van der Waals surface area contributed by atoms with Gasteiger partial charge in [-0.15, -0.1) is 0 Å². The lowest BCUT2D eigenvalue weighted by Crippen LogP contribution is -2.49. The maximum absolute atomic E-state index is 12.6. The van der Waals surface area contributed by atoms with Crippen LogP contribution in [-0.4, -0.2) is 70.0 Å². The summed E-state index contributed by atoms with van der Waals surface area (Å²) in [5.41, 5.74) is 1.76. The third-order valence-electron chi connectivity index (χ3n) is 7.37. The number of aromatic amines is 2. The molecule has 2 N–H and O–H groups in total. The Balaban J connectivity index is 1.02. The number of nitrogens with zero attached hydrogens (tertiary/aromatic N) is 3. The summed E-state index contributed by atoms with van der Waals surface area (Å²) in [6.45, 7) is 5.37. The Bertz CT molecular complexity index is 1170. The van der Waals surface area contributed by atoms with Gasteiger partial charge in [0.25, 0.3) is 0 Å². The lowest BCUT2D eigenvalue weighted by molar-refractivity contribution is -0.133. The minimum absolute atomic E-state index is 0.233. The number of benzene rings is 1. The van der Waals surface area contributed by atoms with Crippen molar-refractivity contribution in [1.82, 2.24) is 24.8 Å². The number of aromatic nitrogens is 3. The zero-order valence-electron chi connectivity index (χ0n) is 19.9. The van der Waals surface area contributed by atoms with Gasteiger partial charge in [0.05, 0.1) is 17.6 Å². The van der Waals surface area contributed by atoms with E-state index in [2.05, 4.69) is 19.9 Å². The topological polar surface area (TPSA) is 94.3 Å². The van der Waals surface area contributed by atoms with Crippen LogP contribution in [0.25, 0.3) is 22.1 Å². The molecule has 3 aromatic rings. The third kappa shape index (κ3) is 5.60. The molecule has 2 aliphatic rings. The number of pyridine rings is 1. The summed E-state index contributed by atoms with van der Waals surface area (Å²) in [6, 6.07) is 7.57. The van der Waals surface area contributed by atoms with Crippen LogP contribution in [-0.2, 0) is 4.79 Å². The van der Waals surface area contributed by atoms with E-state index >= 15 is 0 Å². The van der Waals surface area contributed by atoms with Crippen molar-refractivity contribution >= 4 is 28.0 Å². The van der Waals surface area contributed by atoms with Crippen LogP contribution in [0.2, 0.25) is 0 Å². The Morgan fingerprint density at radius 1 is 1.06 bits per heavy atom. The fourth-order valence-corrected chi connectivity index (χ4v) is 5.33. The average molecular weight is 466 g/mol. The molecule has 8 nitrogen and oxygen atoms in total. The summed E-state index contributed by atoms with van der Waals surface area (Å²) in [7, 11) is 0. The van der Waals surface area contributed by atoms with Crippen LogP contribution in [0.5, 0.6) is 5.75 Å². The second-order valence-electron chi connectivity index (χ2n) is 9.79. The molecule has 0 bridgehead atoms. The molecule has 1 saturated carbocycles. The van der Waals surface area contributed by atoms with Gasteiger partial charge in [0, 0.05) is 38.0 Å². The zero-order chi connectivity index (χ0) is 23.3. The molecular weight excluding hydrogens is 430 g/mol. The van der Waals surface area contributed by atoms with E-state index in [-0.39, 0.29) is 11.6 Å². The molecule has 8 heteroatoms. The van der Waals surface area contributed by atoms with Crippen molar-refractivity contribution in [2.75, 3.05) is 39.3 Å². The zero-order valence-corrected chi connectivity index (χ0v) is 19.9. The van der Waals surface area contributed by atoms with Crippen LogP contribution in [0, 0.1) is 5.92 Å². The first-order chi connectivity index (χ1) is 16.6. The van der Waals surface area contributed by atoms with Gasteiger partial charge in [0.2, 0.25) is 5.91 Å². The summed E-state index contributed by atoms with van der Waals surface area (Å²) in [5, 5.41) is 0.901. The molecule has 5 rings (SSSR count). The number of amides is 1. The van der Waals surface area contributed by atoms with Crippen molar-refractivity contribution in [3.05, 3.63) is 34.7 Å².